The summed E-state index contributed by atoms with van der Waals surface area (Å²) in [7, 11) is 3.24. The third kappa shape index (κ3) is 5.16. The normalized spacial score (nSPS) is 12.8. The summed E-state index contributed by atoms with van der Waals surface area (Å²) in [4.78, 5) is 12.8. The fourth-order valence-electron chi connectivity index (χ4n) is 3.00. The van der Waals surface area contributed by atoms with Crippen LogP contribution >= 0.6 is 0 Å². The molecule has 2 unspecified atom stereocenters. The standard InChI is InChI=1S/C22H29NO4/c1-6-17(16-12-13-19(25-4)15(3)14-16)23-22(24)18(7-2)27-21-11-9-8-10-20(21)26-5/h8-14,17-18H,6-7H2,1-5H3,(H,23,24). The molecular weight excluding hydrogens is 342 g/mol. The number of nitrogens with one attached hydrogen (secondary N) is 1. The van der Waals surface area contributed by atoms with E-state index in [1.807, 2.05) is 51.1 Å². The first-order chi connectivity index (χ1) is 13.0. The van der Waals surface area contributed by atoms with Gasteiger partial charge in [0.2, 0.25) is 0 Å². The highest BCUT2D eigenvalue weighted by Gasteiger charge is 2.23. The number of amides is 1. The fraction of sp³-hybridized carbons (Fsp3) is 0.409. The van der Waals surface area contributed by atoms with Gasteiger partial charge < -0.3 is 19.5 Å². The van der Waals surface area contributed by atoms with Crippen LogP contribution in [0.3, 0.4) is 0 Å². The van der Waals surface area contributed by atoms with Gasteiger partial charge in [-0.25, -0.2) is 0 Å². The topological polar surface area (TPSA) is 56.8 Å². The fourth-order valence-corrected chi connectivity index (χ4v) is 3.00. The Bertz CT molecular complexity index is 760. The molecule has 0 saturated carbocycles. The van der Waals surface area contributed by atoms with Crippen LogP contribution in [-0.4, -0.2) is 26.2 Å². The number of aryl methyl sites for hydroxylation is 1. The molecule has 0 aliphatic carbocycles. The van der Waals surface area contributed by atoms with Crippen LogP contribution in [0.15, 0.2) is 42.5 Å². The highest BCUT2D eigenvalue weighted by molar-refractivity contribution is 5.81. The quantitative estimate of drug-likeness (QED) is 0.708. The first kappa shape index (κ1) is 20.6. The van der Waals surface area contributed by atoms with Gasteiger partial charge in [0.15, 0.2) is 17.6 Å². The van der Waals surface area contributed by atoms with Crippen molar-refractivity contribution in [2.24, 2.45) is 0 Å². The van der Waals surface area contributed by atoms with Gasteiger partial charge in [0.05, 0.1) is 20.3 Å². The number of benzene rings is 2. The molecule has 1 N–H and O–H groups in total. The van der Waals surface area contributed by atoms with Gasteiger partial charge in [-0.1, -0.05) is 38.1 Å². The van der Waals surface area contributed by atoms with E-state index in [9.17, 15) is 4.79 Å². The summed E-state index contributed by atoms with van der Waals surface area (Å²) in [6, 6.07) is 13.2. The number of hydrogen-bond acceptors (Lipinski definition) is 4. The van der Waals surface area contributed by atoms with Crippen molar-refractivity contribution in [2.75, 3.05) is 14.2 Å². The Labute approximate surface area is 161 Å². The summed E-state index contributed by atoms with van der Waals surface area (Å²) in [6.45, 7) is 5.97. The van der Waals surface area contributed by atoms with E-state index < -0.39 is 6.10 Å². The minimum absolute atomic E-state index is 0.0857. The summed E-state index contributed by atoms with van der Waals surface area (Å²) in [6.07, 6.45) is 0.750. The number of hydrogen-bond donors (Lipinski definition) is 1. The molecule has 27 heavy (non-hydrogen) atoms. The highest BCUT2D eigenvalue weighted by atomic mass is 16.5. The predicted molar refractivity (Wildman–Crippen MR) is 107 cm³/mol. The summed E-state index contributed by atoms with van der Waals surface area (Å²) >= 11 is 0. The van der Waals surface area contributed by atoms with Crippen molar-refractivity contribution < 1.29 is 19.0 Å². The molecule has 2 rings (SSSR count). The monoisotopic (exact) mass is 371 g/mol. The van der Waals surface area contributed by atoms with Crippen LogP contribution < -0.4 is 19.5 Å². The van der Waals surface area contributed by atoms with Crippen LogP contribution in [0.25, 0.3) is 0 Å². The van der Waals surface area contributed by atoms with E-state index in [1.165, 1.54) is 0 Å². The Morgan fingerprint density at radius 2 is 1.63 bits per heavy atom. The molecule has 2 aromatic carbocycles. The van der Waals surface area contributed by atoms with Crippen molar-refractivity contribution in [2.45, 2.75) is 45.8 Å². The maximum absolute atomic E-state index is 12.8. The molecule has 5 heteroatoms. The number of para-hydroxylation sites is 2. The largest absolute Gasteiger partial charge is 0.496 e. The second-order valence-electron chi connectivity index (χ2n) is 6.36. The average Bonchev–Trinajstić information content (AvgIpc) is 2.70. The van der Waals surface area contributed by atoms with E-state index in [1.54, 1.807) is 20.3 Å². The van der Waals surface area contributed by atoms with E-state index in [4.69, 9.17) is 14.2 Å². The molecule has 0 fully saturated rings. The van der Waals surface area contributed by atoms with Gasteiger partial charge in [0.25, 0.3) is 5.91 Å². The smallest absolute Gasteiger partial charge is 0.261 e. The lowest BCUT2D eigenvalue weighted by molar-refractivity contribution is -0.129. The first-order valence-electron chi connectivity index (χ1n) is 9.28. The molecule has 0 saturated heterocycles. The zero-order valence-corrected chi connectivity index (χ0v) is 16.7. The third-order valence-corrected chi connectivity index (χ3v) is 4.55. The molecular formula is C22H29NO4. The molecule has 0 heterocycles. The Morgan fingerprint density at radius 1 is 0.963 bits per heavy atom. The maximum atomic E-state index is 12.8. The Kier molecular flexibility index (Phi) is 7.53. The molecule has 0 radical (unpaired) electrons. The molecule has 0 bridgehead atoms. The molecule has 146 valence electrons. The minimum Gasteiger partial charge on any atom is -0.496 e. The Balaban J connectivity index is 2.13. The van der Waals surface area contributed by atoms with Gasteiger partial charge in [-0.3, -0.25) is 4.79 Å². The number of ether oxygens (including phenoxy) is 3. The predicted octanol–water partition coefficient (Wildman–Crippen LogP) is 4.44. The Morgan fingerprint density at radius 3 is 2.19 bits per heavy atom. The van der Waals surface area contributed by atoms with Crippen molar-refractivity contribution in [3.63, 3.8) is 0 Å². The summed E-state index contributed by atoms with van der Waals surface area (Å²) in [5.74, 6) is 1.88. The van der Waals surface area contributed by atoms with Crippen LogP contribution in [0, 0.1) is 6.92 Å². The number of carbonyl (C=O) groups is 1. The average molecular weight is 371 g/mol. The van der Waals surface area contributed by atoms with Crippen LogP contribution in [0.1, 0.15) is 43.9 Å². The van der Waals surface area contributed by atoms with Crippen LogP contribution in [0.2, 0.25) is 0 Å². The molecule has 0 spiro atoms. The highest BCUT2D eigenvalue weighted by Crippen LogP contribution is 2.28. The minimum atomic E-state index is -0.588. The van der Waals surface area contributed by atoms with E-state index in [-0.39, 0.29) is 11.9 Å². The van der Waals surface area contributed by atoms with Gasteiger partial charge in [-0.15, -0.1) is 0 Å². The van der Waals surface area contributed by atoms with Crippen molar-refractivity contribution in [1.82, 2.24) is 5.32 Å². The molecule has 2 atom stereocenters. The molecule has 5 nitrogen and oxygen atoms in total. The van der Waals surface area contributed by atoms with Crippen molar-refractivity contribution in [3.8, 4) is 17.2 Å². The number of rotatable bonds is 9. The molecule has 2 aromatic rings. The zero-order valence-electron chi connectivity index (χ0n) is 16.7. The lowest BCUT2D eigenvalue weighted by atomic mass is 10.0. The maximum Gasteiger partial charge on any atom is 0.261 e. The lowest BCUT2D eigenvalue weighted by Crippen LogP contribution is -2.40. The zero-order chi connectivity index (χ0) is 19.8. The summed E-state index contributed by atoms with van der Waals surface area (Å²) in [5, 5.41) is 3.11. The molecule has 0 aliphatic heterocycles. The van der Waals surface area contributed by atoms with Gasteiger partial charge >= 0.3 is 0 Å². The van der Waals surface area contributed by atoms with Gasteiger partial charge in [-0.2, -0.15) is 0 Å². The molecule has 1 amide bonds. The van der Waals surface area contributed by atoms with E-state index >= 15 is 0 Å². The number of carbonyl (C=O) groups excluding carboxylic acids is 1. The third-order valence-electron chi connectivity index (χ3n) is 4.55. The molecule has 0 aromatic heterocycles. The number of methoxy groups -OCH3 is 2. The summed E-state index contributed by atoms with van der Waals surface area (Å²) in [5.41, 5.74) is 2.09. The lowest BCUT2D eigenvalue weighted by Gasteiger charge is -2.23. The van der Waals surface area contributed by atoms with Crippen LogP contribution in [0.4, 0.5) is 0 Å². The Hall–Kier alpha value is -2.69. The van der Waals surface area contributed by atoms with Crippen LogP contribution in [0.5, 0.6) is 17.2 Å². The van der Waals surface area contributed by atoms with E-state index in [0.717, 1.165) is 23.3 Å². The SMILES string of the molecule is CCC(Oc1ccccc1OC)C(=O)NC(CC)c1ccc(OC)c(C)c1. The van der Waals surface area contributed by atoms with Crippen molar-refractivity contribution >= 4 is 5.91 Å². The second-order valence-corrected chi connectivity index (χ2v) is 6.36. The van der Waals surface area contributed by atoms with Gasteiger partial charge in [0.1, 0.15) is 5.75 Å². The van der Waals surface area contributed by atoms with Gasteiger partial charge in [0, 0.05) is 0 Å². The summed E-state index contributed by atoms with van der Waals surface area (Å²) < 4.78 is 16.6. The van der Waals surface area contributed by atoms with Crippen molar-refractivity contribution in [1.29, 1.82) is 0 Å². The second kappa shape index (κ2) is 9.86. The molecule has 0 aliphatic rings. The van der Waals surface area contributed by atoms with Gasteiger partial charge in [-0.05, 0) is 49.1 Å². The van der Waals surface area contributed by atoms with Crippen molar-refractivity contribution in [3.05, 3.63) is 53.6 Å². The van der Waals surface area contributed by atoms with E-state index in [0.29, 0.717) is 17.9 Å². The first-order valence-corrected chi connectivity index (χ1v) is 9.28. The van der Waals surface area contributed by atoms with Crippen LogP contribution in [-0.2, 0) is 4.79 Å². The van der Waals surface area contributed by atoms with E-state index in [2.05, 4.69) is 11.4 Å².